The first-order valence-electron chi connectivity index (χ1n) is 6.53. The molecule has 0 atom stereocenters. The molecule has 2 aromatic rings. The molecule has 21 heavy (non-hydrogen) atoms. The van der Waals surface area contributed by atoms with Gasteiger partial charge in [-0.25, -0.2) is 0 Å². The van der Waals surface area contributed by atoms with Crippen LogP contribution in [0.3, 0.4) is 0 Å². The van der Waals surface area contributed by atoms with E-state index in [0.29, 0.717) is 17.9 Å². The molecule has 0 fully saturated rings. The summed E-state index contributed by atoms with van der Waals surface area (Å²) in [4.78, 5) is 11.0. The molecule has 0 aliphatic heterocycles. The number of rotatable bonds is 5. The van der Waals surface area contributed by atoms with E-state index >= 15 is 0 Å². The molecule has 0 bridgehead atoms. The molecule has 0 N–H and O–H groups in total. The zero-order chi connectivity index (χ0) is 15.1. The van der Waals surface area contributed by atoms with Crippen molar-refractivity contribution in [1.29, 1.82) is 5.26 Å². The van der Waals surface area contributed by atoms with Crippen LogP contribution in [0.15, 0.2) is 48.5 Å². The van der Waals surface area contributed by atoms with Crippen molar-refractivity contribution in [2.45, 2.75) is 6.42 Å². The Hall–Kier alpha value is -2.80. The lowest BCUT2D eigenvalue weighted by molar-refractivity contribution is -0.141. The Balaban J connectivity index is 1.98. The van der Waals surface area contributed by atoms with Gasteiger partial charge in [-0.05, 0) is 35.4 Å². The number of hydrogen-bond donors (Lipinski definition) is 0. The number of ether oxygens (including phenoxy) is 2. The van der Waals surface area contributed by atoms with Gasteiger partial charge in [0.15, 0.2) is 0 Å². The molecule has 0 aromatic heterocycles. The maximum atomic E-state index is 11.0. The molecule has 0 spiro atoms. The van der Waals surface area contributed by atoms with E-state index in [2.05, 4.69) is 10.8 Å². The van der Waals surface area contributed by atoms with E-state index in [1.54, 1.807) is 12.1 Å². The number of carbonyl (C=O) groups is 1. The Morgan fingerprint density at radius 1 is 1.05 bits per heavy atom. The predicted molar refractivity (Wildman–Crippen MR) is 78.7 cm³/mol. The average molecular weight is 281 g/mol. The predicted octanol–water partition coefficient (Wildman–Crippen LogP) is 3.17. The number of esters is 1. The molecule has 0 aliphatic rings. The number of benzene rings is 2. The van der Waals surface area contributed by atoms with Gasteiger partial charge >= 0.3 is 5.97 Å². The molecular formula is C17H15NO3. The summed E-state index contributed by atoms with van der Waals surface area (Å²) >= 11 is 0. The van der Waals surface area contributed by atoms with E-state index in [1.165, 1.54) is 7.11 Å². The van der Waals surface area contributed by atoms with Crippen molar-refractivity contribution in [1.82, 2.24) is 0 Å². The van der Waals surface area contributed by atoms with E-state index in [0.717, 1.165) is 11.1 Å². The maximum Gasteiger partial charge on any atom is 0.308 e. The monoisotopic (exact) mass is 281 g/mol. The lowest BCUT2D eigenvalue weighted by atomic mass is 10.0. The van der Waals surface area contributed by atoms with Crippen molar-refractivity contribution in [2.75, 3.05) is 13.7 Å². The third-order valence-electron chi connectivity index (χ3n) is 3.00. The van der Waals surface area contributed by atoms with E-state index < -0.39 is 0 Å². The summed E-state index contributed by atoms with van der Waals surface area (Å²) in [5.41, 5.74) is 2.72. The molecule has 4 nitrogen and oxygen atoms in total. The van der Waals surface area contributed by atoms with Crippen molar-refractivity contribution in [3.63, 3.8) is 0 Å². The minimum atomic E-state index is -0.288. The summed E-state index contributed by atoms with van der Waals surface area (Å²) < 4.78 is 10.0. The van der Waals surface area contributed by atoms with Crippen LogP contribution in [-0.4, -0.2) is 19.7 Å². The van der Waals surface area contributed by atoms with E-state index in [1.807, 2.05) is 36.4 Å². The molecule has 4 heteroatoms. The second kappa shape index (κ2) is 7.11. The summed E-state index contributed by atoms with van der Waals surface area (Å²) in [6.45, 7) is 0.295. The first-order valence-corrected chi connectivity index (χ1v) is 6.53. The molecule has 0 amide bonds. The second-order valence-electron chi connectivity index (χ2n) is 4.39. The van der Waals surface area contributed by atoms with Gasteiger partial charge in [-0.15, -0.1) is 0 Å². The molecular weight excluding hydrogens is 266 g/mol. The van der Waals surface area contributed by atoms with Crippen LogP contribution in [0.4, 0.5) is 0 Å². The number of methoxy groups -OCH3 is 1. The highest BCUT2D eigenvalue weighted by Crippen LogP contribution is 2.22. The minimum absolute atomic E-state index is 0.230. The molecule has 0 heterocycles. The lowest BCUT2D eigenvalue weighted by Gasteiger charge is -2.07. The average Bonchev–Trinajstić information content (AvgIpc) is 2.55. The van der Waals surface area contributed by atoms with Crippen LogP contribution in [0, 0.1) is 11.3 Å². The van der Waals surface area contributed by atoms with Gasteiger partial charge in [0.1, 0.15) is 5.75 Å². The number of nitriles is 1. The molecule has 0 saturated heterocycles. The SMILES string of the molecule is COC(=O)CCOc1ccc(-c2ccc(C#N)cc2)cc1. The summed E-state index contributed by atoms with van der Waals surface area (Å²) in [5.74, 6) is 0.417. The fourth-order valence-electron chi connectivity index (χ4n) is 1.84. The van der Waals surface area contributed by atoms with Gasteiger partial charge < -0.3 is 9.47 Å². The molecule has 0 saturated carbocycles. The molecule has 2 rings (SSSR count). The quantitative estimate of drug-likeness (QED) is 0.790. The van der Waals surface area contributed by atoms with E-state index in [-0.39, 0.29) is 12.4 Å². The van der Waals surface area contributed by atoms with Crippen molar-refractivity contribution in [3.05, 3.63) is 54.1 Å². The van der Waals surface area contributed by atoms with Crippen LogP contribution < -0.4 is 4.74 Å². The van der Waals surface area contributed by atoms with E-state index in [4.69, 9.17) is 10.00 Å². The highest BCUT2D eigenvalue weighted by Gasteiger charge is 2.02. The summed E-state index contributed by atoms with van der Waals surface area (Å²) in [5, 5.41) is 8.78. The fraction of sp³-hybridized carbons (Fsp3) is 0.176. The van der Waals surface area contributed by atoms with E-state index in [9.17, 15) is 4.79 Å². The highest BCUT2D eigenvalue weighted by molar-refractivity contribution is 5.69. The van der Waals surface area contributed by atoms with Crippen LogP contribution in [0.5, 0.6) is 5.75 Å². The molecule has 106 valence electrons. The zero-order valence-corrected chi connectivity index (χ0v) is 11.7. The Bertz CT molecular complexity index is 639. The van der Waals surface area contributed by atoms with Gasteiger partial charge in [-0.1, -0.05) is 24.3 Å². The van der Waals surface area contributed by atoms with Gasteiger partial charge in [-0.2, -0.15) is 5.26 Å². The topological polar surface area (TPSA) is 59.3 Å². The zero-order valence-electron chi connectivity index (χ0n) is 11.7. The summed E-state index contributed by atoms with van der Waals surface area (Å²) in [6.07, 6.45) is 0.230. The Morgan fingerprint density at radius 2 is 1.62 bits per heavy atom. The largest absolute Gasteiger partial charge is 0.493 e. The van der Waals surface area contributed by atoms with Crippen molar-refractivity contribution in [2.24, 2.45) is 0 Å². The number of hydrogen-bond acceptors (Lipinski definition) is 4. The van der Waals surface area contributed by atoms with Crippen molar-refractivity contribution < 1.29 is 14.3 Å². The summed E-state index contributed by atoms with van der Waals surface area (Å²) in [7, 11) is 1.36. The molecule has 0 aliphatic carbocycles. The van der Waals surface area contributed by atoms with Gasteiger partial charge in [0.2, 0.25) is 0 Å². The molecule has 0 unspecified atom stereocenters. The minimum Gasteiger partial charge on any atom is -0.493 e. The van der Waals surface area contributed by atoms with Crippen LogP contribution in [0.2, 0.25) is 0 Å². The normalized spacial score (nSPS) is 9.71. The standard InChI is InChI=1S/C17H15NO3/c1-20-17(19)10-11-21-16-8-6-15(7-9-16)14-4-2-13(12-18)3-5-14/h2-9H,10-11H2,1H3. The van der Waals surface area contributed by atoms with Gasteiger partial charge in [0.25, 0.3) is 0 Å². The van der Waals surface area contributed by atoms with Gasteiger partial charge in [-0.3, -0.25) is 4.79 Å². The Kier molecular flexibility index (Phi) is 4.94. The first-order chi connectivity index (χ1) is 10.2. The molecule has 2 aromatic carbocycles. The van der Waals surface area contributed by atoms with Gasteiger partial charge in [0.05, 0.1) is 31.8 Å². The van der Waals surface area contributed by atoms with Crippen molar-refractivity contribution >= 4 is 5.97 Å². The lowest BCUT2D eigenvalue weighted by Crippen LogP contribution is -2.07. The third-order valence-corrected chi connectivity index (χ3v) is 3.00. The fourth-order valence-corrected chi connectivity index (χ4v) is 1.84. The van der Waals surface area contributed by atoms with Crippen molar-refractivity contribution in [3.8, 4) is 22.9 Å². The maximum absolute atomic E-state index is 11.0. The first kappa shape index (κ1) is 14.6. The van der Waals surface area contributed by atoms with Gasteiger partial charge in [0, 0.05) is 0 Å². The number of nitrogens with zero attached hydrogens (tertiary/aromatic N) is 1. The number of carbonyl (C=O) groups excluding carboxylic acids is 1. The highest BCUT2D eigenvalue weighted by atomic mass is 16.5. The van der Waals surface area contributed by atoms with Crippen LogP contribution in [-0.2, 0) is 9.53 Å². The third kappa shape index (κ3) is 4.08. The molecule has 0 radical (unpaired) electrons. The Labute approximate surface area is 123 Å². The van der Waals surface area contributed by atoms with Crippen LogP contribution >= 0.6 is 0 Å². The Morgan fingerprint density at radius 3 is 2.14 bits per heavy atom. The van der Waals surface area contributed by atoms with Crippen LogP contribution in [0.1, 0.15) is 12.0 Å². The smallest absolute Gasteiger partial charge is 0.308 e. The second-order valence-corrected chi connectivity index (χ2v) is 4.39. The summed E-state index contributed by atoms with van der Waals surface area (Å²) in [6, 6.07) is 17.1. The van der Waals surface area contributed by atoms with Crippen LogP contribution in [0.25, 0.3) is 11.1 Å².